The number of hydrogen-bond donors (Lipinski definition) is 4. The fourth-order valence-electron chi connectivity index (χ4n) is 6.23. The van der Waals surface area contributed by atoms with E-state index in [2.05, 4.69) is 10.6 Å². The second-order valence-electron chi connectivity index (χ2n) is 12.4. The second-order valence-corrected chi connectivity index (χ2v) is 14.7. The molecule has 0 atom stereocenters. The number of benzene rings is 4. The zero-order valence-corrected chi connectivity index (χ0v) is 29.4. The predicted molar refractivity (Wildman–Crippen MR) is 194 cm³/mol. The Morgan fingerprint density at radius 3 is 1.98 bits per heavy atom. The summed E-state index contributed by atoms with van der Waals surface area (Å²) in [6.45, 7) is 1.92. The highest BCUT2D eigenvalue weighted by Crippen LogP contribution is 2.31. The smallest absolute Gasteiger partial charge is 0.335 e. The molecule has 0 aromatic heterocycles. The number of anilines is 2. The summed E-state index contributed by atoms with van der Waals surface area (Å²) in [5.74, 6) is -3.47. The number of halogens is 1. The van der Waals surface area contributed by atoms with Gasteiger partial charge in [0, 0.05) is 28.9 Å². The molecule has 5 rings (SSSR count). The van der Waals surface area contributed by atoms with Crippen LogP contribution in [0.5, 0.6) is 0 Å². The molecule has 0 radical (unpaired) electrons. The van der Waals surface area contributed by atoms with E-state index in [1.165, 1.54) is 46.8 Å². The average Bonchev–Trinajstić information content (AvgIpc) is 3.12. The van der Waals surface area contributed by atoms with Crippen molar-refractivity contribution in [2.45, 2.75) is 56.4 Å². The van der Waals surface area contributed by atoms with Crippen LogP contribution < -0.4 is 10.6 Å². The van der Waals surface area contributed by atoms with E-state index in [-0.39, 0.29) is 44.9 Å². The number of nitrogens with zero attached hydrogens (tertiary/aromatic N) is 1. The molecule has 4 aromatic rings. The van der Waals surface area contributed by atoms with E-state index in [0.717, 1.165) is 11.1 Å². The monoisotopic (exact) mass is 731 g/mol. The van der Waals surface area contributed by atoms with Crippen LogP contribution in [0, 0.1) is 5.92 Å². The topological polar surface area (TPSA) is 170 Å². The number of carboxylic acids is 2. The van der Waals surface area contributed by atoms with Crippen LogP contribution in [0.4, 0.5) is 11.4 Å². The Labute approximate surface area is 301 Å². The molecule has 4 aromatic carbocycles. The van der Waals surface area contributed by atoms with Gasteiger partial charge in [-0.3, -0.25) is 14.4 Å². The van der Waals surface area contributed by atoms with Crippen molar-refractivity contribution in [3.63, 3.8) is 0 Å². The molecule has 0 spiro atoms. The van der Waals surface area contributed by atoms with E-state index in [1.807, 2.05) is 12.1 Å². The summed E-state index contributed by atoms with van der Waals surface area (Å²) in [6, 6.07) is 23.8. The van der Waals surface area contributed by atoms with Crippen molar-refractivity contribution in [1.82, 2.24) is 4.31 Å². The molecule has 1 fully saturated rings. The summed E-state index contributed by atoms with van der Waals surface area (Å²) in [5.41, 5.74) is 3.10. The molecular weight excluding hydrogens is 694 g/mol. The van der Waals surface area contributed by atoms with Gasteiger partial charge in [0.15, 0.2) is 0 Å². The third kappa shape index (κ3) is 9.20. The Balaban J connectivity index is 1.25. The number of nitrogens with one attached hydrogen (secondary N) is 2. The van der Waals surface area contributed by atoms with Gasteiger partial charge in [0.25, 0.3) is 11.8 Å². The number of carboxylic acid groups (broad SMARTS) is 2. The van der Waals surface area contributed by atoms with Crippen LogP contribution >= 0.6 is 11.6 Å². The van der Waals surface area contributed by atoms with Gasteiger partial charge in [-0.1, -0.05) is 48.9 Å². The van der Waals surface area contributed by atoms with Gasteiger partial charge < -0.3 is 20.8 Å². The normalized spacial score (nSPS) is 16.0. The minimum atomic E-state index is -4.00. The molecule has 13 heteroatoms. The van der Waals surface area contributed by atoms with E-state index in [1.54, 1.807) is 43.3 Å². The van der Waals surface area contributed by atoms with Crippen molar-refractivity contribution in [1.29, 1.82) is 0 Å². The Morgan fingerprint density at radius 1 is 0.765 bits per heavy atom. The maximum Gasteiger partial charge on any atom is 0.335 e. The quantitative estimate of drug-likeness (QED) is 0.114. The van der Waals surface area contributed by atoms with Gasteiger partial charge in [0.1, 0.15) is 0 Å². The maximum atomic E-state index is 13.7. The Morgan fingerprint density at radius 2 is 1.39 bits per heavy atom. The van der Waals surface area contributed by atoms with Crippen LogP contribution in [0.15, 0.2) is 95.9 Å². The van der Waals surface area contributed by atoms with Crippen molar-refractivity contribution in [2.75, 3.05) is 17.2 Å². The number of aliphatic carboxylic acids is 1. The summed E-state index contributed by atoms with van der Waals surface area (Å²) < 4.78 is 28.8. The highest BCUT2D eigenvalue weighted by molar-refractivity contribution is 7.89. The summed E-state index contributed by atoms with van der Waals surface area (Å²) in [5, 5.41) is 24.2. The minimum Gasteiger partial charge on any atom is -0.481 e. The molecule has 0 bridgehead atoms. The molecule has 266 valence electrons. The zero-order valence-electron chi connectivity index (χ0n) is 27.8. The number of carbonyl (C=O) groups excluding carboxylic acids is 2. The van der Waals surface area contributed by atoms with E-state index in [4.69, 9.17) is 16.7 Å². The molecule has 1 aliphatic carbocycles. The fraction of sp³-hybridized carbons (Fsp3) is 0.263. The van der Waals surface area contributed by atoms with Gasteiger partial charge in [0.2, 0.25) is 10.0 Å². The van der Waals surface area contributed by atoms with Crippen molar-refractivity contribution in [2.24, 2.45) is 5.92 Å². The summed E-state index contributed by atoms with van der Waals surface area (Å²) in [6.07, 6.45) is 3.07. The highest BCUT2D eigenvalue weighted by Gasteiger charge is 2.35. The van der Waals surface area contributed by atoms with Gasteiger partial charge in [-0.05, 0) is 110 Å². The molecule has 4 N–H and O–H groups in total. The molecule has 0 saturated heterocycles. The van der Waals surface area contributed by atoms with E-state index in [0.29, 0.717) is 44.2 Å². The van der Waals surface area contributed by atoms with Gasteiger partial charge in [-0.25, -0.2) is 13.2 Å². The Kier molecular flexibility index (Phi) is 11.9. The van der Waals surface area contributed by atoms with Crippen LogP contribution in [0.1, 0.15) is 74.8 Å². The number of rotatable bonds is 13. The lowest BCUT2D eigenvalue weighted by atomic mass is 9.86. The summed E-state index contributed by atoms with van der Waals surface area (Å²) in [4.78, 5) is 49.2. The number of aromatic carboxylic acids is 1. The van der Waals surface area contributed by atoms with E-state index in [9.17, 15) is 32.7 Å². The van der Waals surface area contributed by atoms with Gasteiger partial charge >= 0.3 is 11.9 Å². The number of hydrogen-bond acceptors (Lipinski definition) is 6. The van der Waals surface area contributed by atoms with Crippen molar-refractivity contribution < 1.29 is 37.8 Å². The van der Waals surface area contributed by atoms with Crippen molar-refractivity contribution in [3.05, 3.63) is 124 Å². The second kappa shape index (κ2) is 16.3. The largest absolute Gasteiger partial charge is 0.481 e. The lowest BCUT2D eigenvalue weighted by Gasteiger charge is -2.34. The third-order valence-electron chi connectivity index (χ3n) is 9.06. The van der Waals surface area contributed by atoms with E-state index < -0.39 is 39.7 Å². The Hall–Kier alpha value is -5.04. The minimum absolute atomic E-state index is 0.0639. The van der Waals surface area contributed by atoms with Gasteiger partial charge in [-0.15, -0.1) is 0 Å². The SMILES string of the molecule is CCN(C1CCC(C(=O)O)CC1)S(=O)(=O)c1cccc(C(=O)Nc2ccc(Cl)cc2C(=O)Nc2ccc(CCc3ccc(C(=O)O)cc3)cc2)c1. The van der Waals surface area contributed by atoms with Crippen molar-refractivity contribution >= 4 is 56.8 Å². The molecular formula is C38H38ClN3O8S. The number of amides is 2. The number of sulfonamides is 1. The maximum absolute atomic E-state index is 13.7. The molecule has 0 unspecified atom stereocenters. The average molecular weight is 732 g/mol. The molecule has 0 heterocycles. The summed E-state index contributed by atoms with van der Waals surface area (Å²) in [7, 11) is -4.00. The first-order valence-corrected chi connectivity index (χ1v) is 18.4. The van der Waals surface area contributed by atoms with Crippen LogP contribution in [-0.4, -0.2) is 59.3 Å². The molecule has 11 nitrogen and oxygen atoms in total. The molecule has 2 amide bonds. The summed E-state index contributed by atoms with van der Waals surface area (Å²) >= 11 is 6.23. The van der Waals surface area contributed by atoms with Gasteiger partial charge in [0.05, 0.1) is 27.6 Å². The molecule has 1 saturated carbocycles. The van der Waals surface area contributed by atoms with Crippen LogP contribution in [0.2, 0.25) is 5.02 Å². The lowest BCUT2D eigenvalue weighted by Crippen LogP contribution is -2.42. The first-order valence-electron chi connectivity index (χ1n) is 16.5. The zero-order chi connectivity index (χ0) is 36.7. The van der Waals surface area contributed by atoms with Gasteiger partial charge in [-0.2, -0.15) is 4.31 Å². The standard InChI is InChI=1S/C38H38ClN3O8S/c1-2-42(31-19-14-27(15-20-31)38(47)48)51(49,50)32-5-3-4-28(22-32)35(43)41-34-21-16-29(39)23-33(34)36(44)40-30-17-10-25(11-18-30)7-6-24-8-12-26(13-9-24)37(45)46/h3-5,8-13,16-18,21-23,27,31H,2,6-7,14-15,19-20H2,1H3,(H,40,44)(H,41,43)(H,45,46)(H,47,48). The van der Waals surface area contributed by atoms with Crippen LogP contribution in [0.3, 0.4) is 0 Å². The van der Waals surface area contributed by atoms with E-state index >= 15 is 0 Å². The first kappa shape index (κ1) is 37.2. The predicted octanol–water partition coefficient (Wildman–Crippen LogP) is 6.98. The lowest BCUT2D eigenvalue weighted by molar-refractivity contribution is -0.143. The van der Waals surface area contributed by atoms with Crippen LogP contribution in [0.25, 0.3) is 0 Å². The van der Waals surface area contributed by atoms with Crippen molar-refractivity contribution in [3.8, 4) is 0 Å². The Bertz CT molecular complexity index is 2030. The molecule has 1 aliphatic rings. The fourth-order valence-corrected chi connectivity index (χ4v) is 8.14. The molecule has 0 aliphatic heterocycles. The highest BCUT2D eigenvalue weighted by atomic mass is 35.5. The first-order chi connectivity index (χ1) is 24.3. The number of carbonyl (C=O) groups is 4. The number of aryl methyl sites for hydroxylation is 2. The van der Waals surface area contributed by atoms with Crippen LogP contribution in [-0.2, 0) is 27.7 Å². The third-order valence-corrected chi connectivity index (χ3v) is 11.3. The molecule has 51 heavy (non-hydrogen) atoms.